The lowest BCUT2D eigenvalue weighted by molar-refractivity contribution is -0.691. The number of aromatic nitrogens is 1. The highest BCUT2D eigenvalue weighted by Gasteiger charge is 2.26. The molecule has 1 saturated heterocycles. The van der Waals surface area contributed by atoms with Crippen molar-refractivity contribution >= 4 is 6.09 Å². The third kappa shape index (κ3) is 6.63. The summed E-state index contributed by atoms with van der Waals surface area (Å²) < 4.78 is 7.39. The summed E-state index contributed by atoms with van der Waals surface area (Å²) in [5.41, 5.74) is 1.81. The molecule has 0 unspecified atom stereocenters. The van der Waals surface area contributed by atoms with Crippen LogP contribution in [0.2, 0.25) is 0 Å². The molecule has 0 radical (unpaired) electrons. The highest BCUT2D eigenvalue weighted by Crippen LogP contribution is 2.13. The molecule has 138 valence electrons. The van der Waals surface area contributed by atoms with Gasteiger partial charge in [-0.3, -0.25) is 4.90 Å². The quantitative estimate of drug-likeness (QED) is 0.591. The van der Waals surface area contributed by atoms with Crippen LogP contribution in [0.1, 0.15) is 32.0 Å². The van der Waals surface area contributed by atoms with Crippen LogP contribution in [-0.4, -0.2) is 47.7 Å². The van der Waals surface area contributed by atoms with E-state index < -0.39 is 5.60 Å². The topological polar surface area (TPSA) is 60.5 Å². The van der Waals surface area contributed by atoms with Gasteiger partial charge in [0, 0.05) is 51.3 Å². The van der Waals surface area contributed by atoms with Crippen molar-refractivity contribution in [3.63, 3.8) is 0 Å². The largest absolute Gasteiger partial charge is 1.00 e. The van der Waals surface area contributed by atoms with E-state index in [0.717, 1.165) is 25.3 Å². The first-order valence-electron chi connectivity index (χ1n) is 8.35. The minimum Gasteiger partial charge on any atom is -1.00 e. The Hall–Kier alpha value is -1.65. The molecule has 0 bridgehead atoms. The Morgan fingerprint density at radius 1 is 1.28 bits per heavy atom. The fourth-order valence-corrected chi connectivity index (χ4v) is 2.68. The van der Waals surface area contributed by atoms with Crippen molar-refractivity contribution in [1.82, 2.24) is 9.80 Å². The molecule has 1 aliphatic heterocycles. The Bertz CT molecular complexity index is 629. The van der Waals surface area contributed by atoms with Gasteiger partial charge in [0.15, 0.2) is 11.9 Å². The Morgan fingerprint density at radius 2 is 1.92 bits per heavy atom. The monoisotopic (exact) mass is 410 g/mol. The zero-order valence-corrected chi connectivity index (χ0v) is 17.0. The van der Waals surface area contributed by atoms with Crippen LogP contribution in [-0.2, 0) is 17.8 Å². The fraction of sp³-hybridized carbons (Fsp3) is 0.611. The fourth-order valence-electron chi connectivity index (χ4n) is 2.68. The number of aryl methyl sites for hydroxylation is 1. The molecule has 0 N–H and O–H groups in total. The maximum absolute atomic E-state index is 12.1. The minimum absolute atomic E-state index is 0. The zero-order chi connectivity index (χ0) is 17.7. The Kier molecular flexibility index (Phi) is 7.84. The molecule has 1 amide bonds. The van der Waals surface area contributed by atoms with E-state index in [4.69, 9.17) is 10.00 Å². The molecule has 0 saturated carbocycles. The van der Waals surface area contributed by atoms with E-state index in [0.29, 0.717) is 19.6 Å². The third-order valence-electron chi connectivity index (χ3n) is 3.98. The molecule has 0 aliphatic carbocycles. The lowest BCUT2D eigenvalue weighted by Crippen LogP contribution is -3.00. The van der Waals surface area contributed by atoms with E-state index in [9.17, 15) is 4.79 Å². The van der Waals surface area contributed by atoms with Crippen LogP contribution in [0.25, 0.3) is 0 Å². The molecule has 0 atom stereocenters. The Labute approximate surface area is 160 Å². The second kappa shape index (κ2) is 9.16. The van der Waals surface area contributed by atoms with Crippen molar-refractivity contribution in [3.05, 3.63) is 29.6 Å². The second-order valence-corrected chi connectivity index (χ2v) is 7.21. The van der Waals surface area contributed by atoms with E-state index in [2.05, 4.69) is 17.0 Å². The van der Waals surface area contributed by atoms with Gasteiger partial charge in [-0.05, 0) is 26.8 Å². The summed E-state index contributed by atoms with van der Waals surface area (Å²) in [6, 6.07) is 6.33. The SMILES string of the molecule is Cc1ccc(CN2CCN(C(=O)OC(C)(C)C)CC2)c[n+]1CC#N.[Br-]. The smallest absolute Gasteiger partial charge is 0.410 e. The molecule has 0 spiro atoms. The van der Waals surface area contributed by atoms with Gasteiger partial charge in [0.2, 0.25) is 6.54 Å². The number of halogens is 1. The van der Waals surface area contributed by atoms with Crippen molar-refractivity contribution in [1.29, 1.82) is 5.26 Å². The van der Waals surface area contributed by atoms with Crippen LogP contribution in [0.15, 0.2) is 18.3 Å². The molecular formula is C18H27BrN4O2. The standard InChI is InChI=1S/C18H27N4O2.BrH/c1-15-5-6-16(14-22(15)8-7-19)13-20-9-11-21(12-10-20)17(23)24-18(2,3)4;/h5-6,14H,8-13H2,1-4H3;1H/q+1;/p-1. The van der Waals surface area contributed by atoms with Gasteiger partial charge in [-0.2, -0.15) is 9.83 Å². The number of piperazine rings is 1. The number of rotatable bonds is 3. The molecule has 6 nitrogen and oxygen atoms in total. The molecular weight excluding hydrogens is 384 g/mol. The molecule has 1 fully saturated rings. The molecule has 1 aromatic rings. The maximum Gasteiger partial charge on any atom is 0.410 e. The predicted molar refractivity (Wildman–Crippen MR) is 90.1 cm³/mol. The van der Waals surface area contributed by atoms with Crippen LogP contribution in [0.5, 0.6) is 0 Å². The van der Waals surface area contributed by atoms with Crippen molar-refractivity contribution < 1.29 is 31.1 Å². The van der Waals surface area contributed by atoms with Gasteiger partial charge in [-0.25, -0.2) is 4.79 Å². The van der Waals surface area contributed by atoms with Crippen molar-refractivity contribution in [2.24, 2.45) is 0 Å². The number of hydrogen-bond acceptors (Lipinski definition) is 4. The van der Waals surface area contributed by atoms with Crippen LogP contribution in [0, 0.1) is 18.3 Å². The van der Waals surface area contributed by atoms with Crippen LogP contribution < -0.4 is 21.5 Å². The number of nitrogens with zero attached hydrogens (tertiary/aromatic N) is 4. The van der Waals surface area contributed by atoms with Crippen LogP contribution >= 0.6 is 0 Å². The average molecular weight is 411 g/mol. The van der Waals surface area contributed by atoms with Gasteiger partial charge in [0.1, 0.15) is 11.7 Å². The second-order valence-electron chi connectivity index (χ2n) is 7.21. The summed E-state index contributed by atoms with van der Waals surface area (Å²) in [6.45, 7) is 11.9. The summed E-state index contributed by atoms with van der Waals surface area (Å²) in [7, 11) is 0. The molecule has 1 aromatic heterocycles. The summed E-state index contributed by atoms with van der Waals surface area (Å²) in [4.78, 5) is 16.2. The van der Waals surface area contributed by atoms with Crippen LogP contribution in [0.4, 0.5) is 4.79 Å². The number of nitriles is 1. The normalized spacial score (nSPS) is 15.2. The predicted octanol–water partition coefficient (Wildman–Crippen LogP) is -1.14. The lowest BCUT2D eigenvalue weighted by Gasteiger charge is -2.35. The lowest BCUT2D eigenvalue weighted by atomic mass is 10.2. The van der Waals surface area contributed by atoms with Crippen molar-refractivity contribution in [3.8, 4) is 6.07 Å². The van der Waals surface area contributed by atoms with Crippen LogP contribution in [0.3, 0.4) is 0 Å². The van der Waals surface area contributed by atoms with Gasteiger partial charge < -0.3 is 26.6 Å². The highest BCUT2D eigenvalue weighted by atomic mass is 79.9. The van der Waals surface area contributed by atoms with E-state index in [-0.39, 0.29) is 23.1 Å². The van der Waals surface area contributed by atoms with Gasteiger partial charge in [0.25, 0.3) is 0 Å². The van der Waals surface area contributed by atoms with Crippen molar-refractivity contribution in [2.45, 2.75) is 46.4 Å². The van der Waals surface area contributed by atoms with Gasteiger partial charge in [-0.1, -0.05) is 0 Å². The summed E-state index contributed by atoms with van der Waals surface area (Å²) in [5, 5.41) is 8.89. The van der Waals surface area contributed by atoms with E-state index >= 15 is 0 Å². The van der Waals surface area contributed by atoms with Gasteiger partial charge in [-0.15, -0.1) is 0 Å². The first-order valence-corrected chi connectivity index (χ1v) is 8.35. The van der Waals surface area contributed by atoms with Gasteiger partial charge >= 0.3 is 6.09 Å². The number of amides is 1. The number of hydrogen-bond donors (Lipinski definition) is 0. The Balaban J connectivity index is 0.00000312. The van der Waals surface area contributed by atoms with E-state index in [1.165, 1.54) is 5.56 Å². The van der Waals surface area contributed by atoms with Crippen molar-refractivity contribution in [2.75, 3.05) is 26.2 Å². The highest BCUT2D eigenvalue weighted by molar-refractivity contribution is 5.68. The number of carbonyl (C=O) groups excluding carboxylic acids is 1. The number of pyridine rings is 1. The molecule has 2 heterocycles. The zero-order valence-electron chi connectivity index (χ0n) is 15.5. The number of carbonyl (C=O) groups is 1. The molecule has 0 aromatic carbocycles. The first-order chi connectivity index (χ1) is 11.3. The Morgan fingerprint density at radius 3 is 2.48 bits per heavy atom. The molecule has 2 rings (SSSR count). The molecule has 1 aliphatic rings. The first kappa shape index (κ1) is 21.4. The number of ether oxygens (including phenoxy) is 1. The summed E-state index contributed by atoms with van der Waals surface area (Å²) in [6.07, 6.45) is 1.81. The molecule has 7 heteroatoms. The third-order valence-corrected chi connectivity index (χ3v) is 3.98. The van der Waals surface area contributed by atoms with E-state index in [1.54, 1.807) is 4.90 Å². The molecule has 25 heavy (non-hydrogen) atoms. The minimum atomic E-state index is -0.454. The van der Waals surface area contributed by atoms with Gasteiger partial charge in [0.05, 0.1) is 0 Å². The summed E-state index contributed by atoms with van der Waals surface area (Å²) in [5.74, 6) is 0. The maximum atomic E-state index is 12.1. The summed E-state index contributed by atoms with van der Waals surface area (Å²) >= 11 is 0. The van der Waals surface area contributed by atoms with E-state index in [1.807, 2.05) is 44.5 Å². The average Bonchev–Trinajstić information content (AvgIpc) is 2.50.